The summed E-state index contributed by atoms with van der Waals surface area (Å²) < 4.78 is 0. The van der Waals surface area contributed by atoms with E-state index < -0.39 is 0 Å². The predicted molar refractivity (Wildman–Crippen MR) is 84.5 cm³/mol. The van der Waals surface area contributed by atoms with Crippen LogP contribution in [-0.2, 0) is 5.75 Å². The molecule has 0 aromatic heterocycles. The number of benzene rings is 1. The Kier molecular flexibility index (Phi) is 4.84. The van der Waals surface area contributed by atoms with Crippen LogP contribution in [0.3, 0.4) is 0 Å². The third kappa shape index (κ3) is 3.55. The summed E-state index contributed by atoms with van der Waals surface area (Å²) in [6.45, 7) is 2.73. The van der Waals surface area contributed by atoms with E-state index >= 15 is 0 Å². The SMILES string of the molecule is c1ccc(CSC[C@H]2CCCN3CCCC[C@H]23)cc1. The van der Waals surface area contributed by atoms with Gasteiger partial charge in [0.15, 0.2) is 0 Å². The van der Waals surface area contributed by atoms with Crippen molar-refractivity contribution < 1.29 is 0 Å². The van der Waals surface area contributed by atoms with Gasteiger partial charge in [-0.3, -0.25) is 0 Å². The summed E-state index contributed by atoms with van der Waals surface area (Å²) in [6.07, 6.45) is 7.23. The fourth-order valence-corrected chi connectivity index (χ4v) is 4.91. The number of thioether (sulfide) groups is 1. The van der Waals surface area contributed by atoms with Crippen molar-refractivity contribution in [3.8, 4) is 0 Å². The van der Waals surface area contributed by atoms with Crippen LogP contribution in [0.5, 0.6) is 0 Å². The molecule has 0 amide bonds. The molecule has 2 heterocycles. The number of fused-ring (bicyclic) bond motifs is 1. The minimum atomic E-state index is 0.908. The highest BCUT2D eigenvalue weighted by Gasteiger charge is 2.32. The lowest BCUT2D eigenvalue weighted by Crippen LogP contribution is -2.48. The zero-order chi connectivity index (χ0) is 12.9. The molecule has 0 unspecified atom stereocenters. The first-order chi connectivity index (χ1) is 9.43. The van der Waals surface area contributed by atoms with Crippen LogP contribution in [-0.4, -0.2) is 29.8 Å². The zero-order valence-electron chi connectivity index (χ0n) is 11.8. The van der Waals surface area contributed by atoms with Crippen LogP contribution >= 0.6 is 11.8 Å². The van der Waals surface area contributed by atoms with Crippen molar-refractivity contribution in [3.63, 3.8) is 0 Å². The summed E-state index contributed by atoms with van der Waals surface area (Å²) in [5, 5.41) is 0. The topological polar surface area (TPSA) is 3.24 Å². The normalized spacial score (nSPS) is 28.0. The van der Waals surface area contributed by atoms with Gasteiger partial charge in [0.2, 0.25) is 0 Å². The average molecular weight is 275 g/mol. The first kappa shape index (κ1) is 13.5. The number of nitrogens with zero attached hydrogens (tertiary/aromatic N) is 1. The van der Waals surface area contributed by atoms with E-state index in [1.165, 1.54) is 62.3 Å². The molecule has 0 bridgehead atoms. The Morgan fingerprint density at radius 1 is 1.00 bits per heavy atom. The summed E-state index contributed by atoms with van der Waals surface area (Å²) in [6, 6.07) is 11.8. The Hall–Kier alpha value is -0.470. The molecule has 104 valence electrons. The third-order valence-electron chi connectivity index (χ3n) is 4.67. The lowest BCUT2D eigenvalue weighted by atomic mass is 9.85. The van der Waals surface area contributed by atoms with Crippen LogP contribution in [0.1, 0.15) is 37.7 Å². The molecule has 0 N–H and O–H groups in total. The third-order valence-corrected chi connectivity index (χ3v) is 5.87. The van der Waals surface area contributed by atoms with Crippen molar-refractivity contribution in [2.24, 2.45) is 5.92 Å². The van der Waals surface area contributed by atoms with E-state index in [0.717, 1.165) is 12.0 Å². The van der Waals surface area contributed by atoms with E-state index in [4.69, 9.17) is 0 Å². The minimum absolute atomic E-state index is 0.908. The summed E-state index contributed by atoms with van der Waals surface area (Å²) in [7, 11) is 0. The lowest BCUT2D eigenvalue weighted by molar-refractivity contribution is 0.0693. The van der Waals surface area contributed by atoms with Crippen molar-refractivity contribution in [2.75, 3.05) is 18.8 Å². The maximum absolute atomic E-state index is 2.78. The number of hydrogen-bond donors (Lipinski definition) is 0. The van der Waals surface area contributed by atoms with E-state index in [1.807, 2.05) is 0 Å². The number of piperidine rings is 2. The molecule has 2 aliphatic rings. The summed E-state index contributed by atoms with van der Waals surface area (Å²) in [5.74, 6) is 3.49. The largest absolute Gasteiger partial charge is 0.300 e. The van der Waals surface area contributed by atoms with E-state index in [1.54, 1.807) is 0 Å². The van der Waals surface area contributed by atoms with Crippen LogP contribution in [0.25, 0.3) is 0 Å². The summed E-state index contributed by atoms with van der Waals surface area (Å²) in [4.78, 5) is 2.78. The monoisotopic (exact) mass is 275 g/mol. The highest BCUT2D eigenvalue weighted by atomic mass is 32.2. The Morgan fingerprint density at radius 2 is 1.84 bits per heavy atom. The van der Waals surface area contributed by atoms with Crippen LogP contribution in [0.2, 0.25) is 0 Å². The molecule has 2 fully saturated rings. The Balaban J connectivity index is 1.49. The van der Waals surface area contributed by atoms with Gasteiger partial charge in [-0.25, -0.2) is 0 Å². The Morgan fingerprint density at radius 3 is 2.74 bits per heavy atom. The maximum Gasteiger partial charge on any atom is 0.0184 e. The van der Waals surface area contributed by atoms with Crippen molar-refractivity contribution in [1.82, 2.24) is 4.90 Å². The molecule has 0 radical (unpaired) electrons. The molecule has 19 heavy (non-hydrogen) atoms. The minimum Gasteiger partial charge on any atom is -0.300 e. The highest BCUT2D eigenvalue weighted by molar-refractivity contribution is 7.98. The fourth-order valence-electron chi connectivity index (χ4n) is 3.67. The van der Waals surface area contributed by atoms with Crippen molar-refractivity contribution in [2.45, 2.75) is 43.9 Å². The number of hydrogen-bond acceptors (Lipinski definition) is 2. The Labute approximate surface area is 121 Å². The summed E-state index contributed by atoms with van der Waals surface area (Å²) >= 11 is 2.14. The molecule has 2 heteroatoms. The number of rotatable bonds is 4. The molecule has 0 aliphatic carbocycles. The predicted octanol–water partition coefficient (Wildman–Crippen LogP) is 4.18. The molecule has 1 aromatic rings. The van der Waals surface area contributed by atoms with Crippen molar-refractivity contribution in [1.29, 1.82) is 0 Å². The second kappa shape index (κ2) is 6.81. The van der Waals surface area contributed by atoms with Crippen LogP contribution in [0.15, 0.2) is 30.3 Å². The molecule has 1 nitrogen and oxygen atoms in total. The van der Waals surface area contributed by atoms with Gasteiger partial charge in [0.05, 0.1) is 0 Å². The first-order valence-corrected chi connectivity index (χ1v) is 8.95. The van der Waals surface area contributed by atoms with Crippen LogP contribution < -0.4 is 0 Å². The van der Waals surface area contributed by atoms with Gasteiger partial charge in [-0.2, -0.15) is 11.8 Å². The first-order valence-electron chi connectivity index (χ1n) is 7.79. The molecular formula is C17H25NS. The highest BCUT2D eigenvalue weighted by Crippen LogP contribution is 2.33. The molecule has 0 saturated carbocycles. The molecule has 3 rings (SSSR count). The van der Waals surface area contributed by atoms with E-state index in [9.17, 15) is 0 Å². The van der Waals surface area contributed by atoms with Gasteiger partial charge in [0.25, 0.3) is 0 Å². The summed E-state index contributed by atoms with van der Waals surface area (Å²) in [5.41, 5.74) is 1.48. The second-order valence-electron chi connectivity index (χ2n) is 6.00. The standard InChI is InChI=1S/C17H25NS/c1-2-7-15(8-3-1)13-19-14-16-9-6-12-18-11-5-4-10-17(16)18/h1-3,7-8,16-17H,4-6,9-14H2/t16-,17-/m1/s1. The van der Waals surface area contributed by atoms with Crippen LogP contribution in [0, 0.1) is 5.92 Å². The van der Waals surface area contributed by atoms with Gasteiger partial charge >= 0.3 is 0 Å². The maximum atomic E-state index is 2.78. The van der Waals surface area contributed by atoms with Gasteiger partial charge in [-0.15, -0.1) is 0 Å². The molecular weight excluding hydrogens is 250 g/mol. The Bertz CT molecular complexity index is 376. The van der Waals surface area contributed by atoms with Crippen molar-refractivity contribution in [3.05, 3.63) is 35.9 Å². The van der Waals surface area contributed by atoms with Gasteiger partial charge in [0.1, 0.15) is 0 Å². The van der Waals surface area contributed by atoms with Crippen LogP contribution in [0.4, 0.5) is 0 Å². The van der Waals surface area contributed by atoms with Gasteiger partial charge < -0.3 is 4.90 Å². The molecule has 2 aliphatic heterocycles. The fraction of sp³-hybridized carbons (Fsp3) is 0.647. The average Bonchev–Trinajstić information content (AvgIpc) is 2.49. The lowest BCUT2D eigenvalue weighted by Gasteiger charge is -2.44. The molecule has 2 atom stereocenters. The smallest absolute Gasteiger partial charge is 0.0184 e. The quantitative estimate of drug-likeness (QED) is 0.811. The zero-order valence-corrected chi connectivity index (χ0v) is 12.6. The van der Waals surface area contributed by atoms with E-state index in [-0.39, 0.29) is 0 Å². The van der Waals surface area contributed by atoms with Crippen molar-refractivity contribution >= 4 is 11.8 Å². The van der Waals surface area contributed by atoms with E-state index in [0.29, 0.717) is 0 Å². The second-order valence-corrected chi connectivity index (χ2v) is 7.03. The van der Waals surface area contributed by atoms with Gasteiger partial charge in [-0.1, -0.05) is 36.8 Å². The molecule has 0 spiro atoms. The van der Waals surface area contributed by atoms with Gasteiger partial charge in [0, 0.05) is 11.8 Å². The molecule has 2 saturated heterocycles. The van der Waals surface area contributed by atoms with Gasteiger partial charge in [-0.05, 0) is 56.0 Å². The van der Waals surface area contributed by atoms with E-state index in [2.05, 4.69) is 47.0 Å². The molecule has 1 aromatic carbocycles.